The molecule has 13 heteroatoms. The maximum Gasteiger partial charge on any atom is 0.306 e. The monoisotopic (exact) mass is 742 g/mol. The number of carbonyl (C=O) groups is 2. The third-order valence-corrected chi connectivity index (χ3v) is 8.68. The second kappa shape index (κ2) is 28.9. The molecular weight excluding hydrogens is 680 g/mol. The number of aliphatic hydroxyl groups is 3. The number of ether oxygens (including phenoxy) is 4. The summed E-state index contributed by atoms with van der Waals surface area (Å²) in [5.41, 5.74) is 0. The molecule has 1 aliphatic rings. The van der Waals surface area contributed by atoms with Crippen molar-refractivity contribution < 1.29 is 56.8 Å². The van der Waals surface area contributed by atoms with Gasteiger partial charge in [-0.1, -0.05) is 107 Å². The number of allylic oxidation sites excluding steroid dienone is 10. The summed E-state index contributed by atoms with van der Waals surface area (Å²) in [6.45, 7) is 3.47. The molecule has 1 heterocycles. The van der Waals surface area contributed by atoms with E-state index < -0.39 is 71.2 Å². The smallest absolute Gasteiger partial charge is 0.306 e. The van der Waals surface area contributed by atoms with Crippen molar-refractivity contribution in [3.8, 4) is 0 Å². The zero-order valence-corrected chi connectivity index (χ0v) is 31.2. The summed E-state index contributed by atoms with van der Waals surface area (Å²) in [5, 5.41) is 30.7. The van der Waals surface area contributed by atoms with Crippen LogP contribution in [0.4, 0.5) is 0 Å². The first-order valence-corrected chi connectivity index (χ1v) is 20.0. The maximum absolute atomic E-state index is 12.7. The molecule has 6 atom stereocenters. The lowest BCUT2D eigenvalue weighted by Gasteiger charge is -2.40. The number of aliphatic hydroxyl groups excluding tert-OH is 3. The molecule has 0 saturated carbocycles. The van der Waals surface area contributed by atoms with Crippen molar-refractivity contribution in [1.82, 2.24) is 0 Å². The summed E-state index contributed by atoms with van der Waals surface area (Å²) in [5.74, 6) is -2.07. The van der Waals surface area contributed by atoms with Crippen LogP contribution in [0.3, 0.4) is 0 Å². The molecule has 1 saturated heterocycles. The van der Waals surface area contributed by atoms with Crippen LogP contribution in [0.15, 0.2) is 60.8 Å². The Kier molecular flexibility index (Phi) is 26.3. The first-order valence-electron chi connectivity index (χ1n) is 18.4. The fourth-order valence-corrected chi connectivity index (χ4v) is 5.71. The van der Waals surface area contributed by atoms with Gasteiger partial charge in [0.1, 0.15) is 36.8 Å². The highest BCUT2D eigenvalue weighted by Crippen LogP contribution is 2.23. The number of unbranched alkanes of at least 4 members (excludes halogenated alkanes) is 9. The molecule has 3 unspecified atom stereocenters. The van der Waals surface area contributed by atoms with E-state index in [1.165, 1.54) is 12.8 Å². The molecule has 12 nitrogen and oxygen atoms in total. The van der Waals surface area contributed by atoms with E-state index in [0.717, 1.165) is 57.8 Å². The summed E-state index contributed by atoms with van der Waals surface area (Å²) < 4.78 is 53.6. The number of carbonyl (C=O) groups excluding carboxylic acids is 2. The molecule has 0 aromatic rings. The molecule has 0 aromatic heterocycles. The number of rotatable bonds is 28. The van der Waals surface area contributed by atoms with Gasteiger partial charge in [-0.25, -0.2) is 0 Å². The Labute approximate surface area is 305 Å². The fourth-order valence-electron chi connectivity index (χ4n) is 5.02. The van der Waals surface area contributed by atoms with Gasteiger partial charge in [-0.2, -0.15) is 8.42 Å². The first-order chi connectivity index (χ1) is 24.5. The Hall–Kier alpha value is -2.65. The zero-order valence-electron chi connectivity index (χ0n) is 30.4. The number of esters is 2. The summed E-state index contributed by atoms with van der Waals surface area (Å²) >= 11 is 0. The molecule has 0 aromatic carbocycles. The normalized spacial score (nSPS) is 22.2. The lowest BCUT2D eigenvalue weighted by atomic mass is 10.00. The molecule has 1 aliphatic heterocycles. The molecule has 0 bridgehead atoms. The fraction of sp³-hybridized carbons (Fsp3) is 0.684. The quantitative estimate of drug-likeness (QED) is 0.0248. The largest absolute Gasteiger partial charge is 0.462 e. The van der Waals surface area contributed by atoms with Crippen molar-refractivity contribution in [2.45, 2.75) is 147 Å². The highest BCUT2D eigenvalue weighted by molar-refractivity contribution is 7.85. The van der Waals surface area contributed by atoms with Crippen LogP contribution in [-0.2, 0) is 38.7 Å². The van der Waals surface area contributed by atoms with Gasteiger partial charge in [0.15, 0.2) is 12.4 Å². The SMILES string of the molecule is CC/C=C/C=C/C=C/C=C/CCCCCC(=O)OC(COC(=O)CCCCCC/C=C/CCCC)CO[C@H]1O[C@H](CS(=O)(=O)O)[C@@H](O)C(O)C1O. The maximum atomic E-state index is 12.7. The van der Waals surface area contributed by atoms with Crippen LogP contribution < -0.4 is 0 Å². The van der Waals surface area contributed by atoms with Crippen molar-refractivity contribution in [1.29, 1.82) is 0 Å². The van der Waals surface area contributed by atoms with Crippen molar-refractivity contribution in [3.63, 3.8) is 0 Å². The van der Waals surface area contributed by atoms with Gasteiger partial charge < -0.3 is 34.3 Å². The van der Waals surface area contributed by atoms with E-state index >= 15 is 0 Å². The Morgan fingerprint density at radius 2 is 1.25 bits per heavy atom. The second-order valence-corrected chi connectivity index (χ2v) is 14.1. The molecule has 51 heavy (non-hydrogen) atoms. The van der Waals surface area contributed by atoms with Gasteiger partial charge in [0.2, 0.25) is 0 Å². The highest BCUT2D eigenvalue weighted by Gasteiger charge is 2.46. The first kappa shape index (κ1) is 46.4. The van der Waals surface area contributed by atoms with Gasteiger partial charge in [0, 0.05) is 12.8 Å². The number of hydrogen-bond acceptors (Lipinski definition) is 11. The van der Waals surface area contributed by atoms with Crippen molar-refractivity contribution in [2.24, 2.45) is 0 Å². The summed E-state index contributed by atoms with van der Waals surface area (Å²) in [6, 6.07) is 0. The molecule has 0 radical (unpaired) electrons. The molecule has 0 aliphatic carbocycles. The second-order valence-electron chi connectivity index (χ2n) is 12.6. The van der Waals surface area contributed by atoms with E-state index in [4.69, 9.17) is 18.9 Å². The predicted molar refractivity (Wildman–Crippen MR) is 196 cm³/mol. The van der Waals surface area contributed by atoms with E-state index in [9.17, 15) is 37.9 Å². The minimum atomic E-state index is -4.60. The lowest BCUT2D eigenvalue weighted by molar-refractivity contribution is -0.297. The van der Waals surface area contributed by atoms with E-state index in [-0.39, 0.29) is 19.4 Å². The van der Waals surface area contributed by atoms with Crippen LogP contribution in [0.1, 0.15) is 110 Å². The summed E-state index contributed by atoms with van der Waals surface area (Å²) in [4.78, 5) is 25.1. The van der Waals surface area contributed by atoms with Crippen molar-refractivity contribution >= 4 is 22.1 Å². The highest BCUT2D eigenvalue weighted by atomic mass is 32.2. The van der Waals surface area contributed by atoms with Crippen LogP contribution in [0.25, 0.3) is 0 Å². The Balaban J connectivity index is 2.60. The average molecular weight is 743 g/mol. The van der Waals surface area contributed by atoms with E-state index in [1.54, 1.807) is 0 Å². The molecule has 292 valence electrons. The standard InChI is InChI=1S/C38H62O12S/c1-3-5-7-9-11-13-15-16-17-19-21-23-25-27-34(40)49-31(28-47-33(39)26-24-22-20-18-14-12-10-8-6-4-2)29-48-38-37(43)36(42)35(41)32(50-38)30-51(44,45)46/h5,7,9-13,15-17,31-32,35-38,41-43H,3-4,6,8,14,18-30H2,1-2H3,(H,44,45,46)/b7-5+,11-9+,12-10+,15-13+,17-16+/t31?,32-,35-,36?,37?,38+/m1/s1. The van der Waals surface area contributed by atoms with Gasteiger partial charge in [-0.3, -0.25) is 14.1 Å². The molecule has 1 fully saturated rings. The molecule has 1 rings (SSSR count). The van der Waals surface area contributed by atoms with Gasteiger partial charge in [-0.05, 0) is 51.4 Å². The molecule has 0 amide bonds. The predicted octanol–water partition coefficient (Wildman–Crippen LogP) is 5.83. The van der Waals surface area contributed by atoms with Gasteiger partial charge >= 0.3 is 11.9 Å². The van der Waals surface area contributed by atoms with Crippen LogP contribution in [0, 0.1) is 0 Å². The summed E-state index contributed by atoms with van der Waals surface area (Å²) in [7, 11) is -4.60. The van der Waals surface area contributed by atoms with E-state index in [1.807, 2.05) is 36.5 Å². The lowest BCUT2D eigenvalue weighted by Crippen LogP contribution is -2.60. The van der Waals surface area contributed by atoms with E-state index in [2.05, 4.69) is 38.2 Å². The summed E-state index contributed by atoms with van der Waals surface area (Å²) in [6.07, 6.45) is 23.0. The average Bonchev–Trinajstić information content (AvgIpc) is 3.09. The Morgan fingerprint density at radius 3 is 1.90 bits per heavy atom. The molecule has 0 spiro atoms. The Bertz CT molecular complexity index is 1190. The molecule has 4 N–H and O–H groups in total. The van der Waals surface area contributed by atoms with Crippen LogP contribution in [-0.4, -0.2) is 96.0 Å². The van der Waals surface area contributed by atoms with E-state index in [0.29, 0.717) is 12.8 Å². The van der Waals surface area contributed by atoms with Crippen LogP contribution >= 0.6 is 0 Å². The molecular formula is C38H62O12S. The Morgan fingerprint density at radius 1 is 0.686 bits per heavy atom. The van der Waals surface area contributed by atoms with Crippen molar-refractivity contribution in [2.75, 3.05) is 19.0 Å². The minimum Gasteiger partial charge on any atom is -0.462 e. The van der Waals surface area contributed by atoms with Crippen molar-refractivity contribution in [3.05, 3.63) is 60.8 Å². The topological polar surface area (TPSA) is 186 Å². The van der Waals surface area contributed by atoms with Gasteiger partial charge in [0.05, 0.1) is 6.61 Å². The van der Waals surface area contributed by atoms with Gasteiger partial charge in [0.25, 0.3) is 10.1 Å². The third kappa shape index (κ3) is 24.3. The number of hydrogen-bond donors (Lipinski definition) is 4. The van der Waals surface area contributed by atoms with Gasteiger partial charge in [-0.15, -0.1) is 0 Å². The minimum absolute atomic E-state index is 0.113. The van der Waals surface area contributed by atoms with Crippen LogP contribution in [0.5, 0.6) is 0 Å². The zero-order chi connectivity index (χ0) is 37.7. The van der Waals surface area contributed by atoms with Crippen LogP contribution in [0.2, 0.25) is 0 Å². The third-order valence-electron chi connectivity index (χ3n) is 7.93.